The van der Waals surface area contributed by atoms with Crippen molar-refractivity contribution in [3.63, 3.8) is 0 Å². The molecule has 0 aliphatic rings. The molecule has 0 fully saturated rings. The lowest BCUT2D eigenvalue weighted by molar-refractivity contribution is -0.120. The third-order valence-corrected chi connectivity index (χ3v) is 3.78. The molecule has 4 nitrogen and oxygen atoms in total. The summed E-state index contributed by atoms with van der Waals surface area (Å²) in [6.45, 7) is 3.10. The lowest BCUT2D eigenvalue weighted by atomic mass is 10.1. The topological polar surface area (TPSA) is 47.6 Å². The van der Waals surface area contributed by atoms with Gasteiger partial charge in [0.25, 0.3) is 0 Å². The maximum Gasteiger partial charge on any atom is 0.224 e. The third kappa shape index (κ3) is 5.78. The predicted molar refractivity (Wildman–Crippen MR) is 95.3 cm³/mol. The molecule has 0 aliphatic heterocycles. The molecule has 0 unspecified atom stereocenters. The Bertz CT molecular complexity index is 703. The molecule has 2 aromatic carbocycles. The molecule has 5 heteroatoms. The van der Waals surface area contributed by atoms with E-state index in [1.54, 1.807) is 25.3 Å². The second-order valence-corrected chi connectivity index (χ2v) is 5.73. The Hall–Kier alpha value is -2.56. The van der Waals surface area contributed by atoms with Gasteiger partial charge in [0, 0.05) is 6.54 Å². The summed E-state index contributed by atoms with van der Waals surface area (Å²) in [5, 5.41) is 2.80. The summed E-state index contributed by atoms with van der Waals surface area (Å²) in [6.07, 6.45) is 2.06. The molecule has 1 N–H and O–H groups in total. The van der Waals surface area contributed by atoms with Crippen molar-refractivity contribution in [2.45, 2.75) is 32.7 Å². The van der Waals surface area contributed by atoms with E-state index in [-0.39, 0.29) is 18.1 Å². The van der Waals surface area contributed by atoms with Gasteiger partial charge >= 0.3 is 0 Å². The van der Waals surface area contributed by atoms with Crippen molar-refractivity contribution in [1.29, 1.82) is 0 Å². The van der Waals surface area contributed by atoms with Gasteiger partial charge in [-0.15, -0.1) is 0 Å². The normalized spacial score (nSPS) is 10.4. The van der Waals surface area contributed by atoms with Crippen LogP contribution in [0, 0.1) is 5.82 Å². The van der Waals surface area contributed by atoms with Crippen molar-refractivity contribution in [1.82, 2.24) is 5.32 Å². The van der Waals surface area contributed by atoms with Crippen molar-refractivity contribution >= 4 is 5.91 Å². The van der Waals surface area contributed by atoms with Gasteiger partial charge in [0.1, 0.15) is 5.82 Å². The summed E-state index contributed by atoms with van der Waals surface area (Å²) in [7, 11) is 1.59. The average molecular weight is 345 g/mol. The van der Waals surface area contributed by atoms with E-state index in [9.17, 15) is 9.18 Å². The van der Waals surface area contributed by atoms with E-state index in [0.29, 0.717) is 30.2 Å². The minimum absolute atomic E-state index is 0.0159. The van der Waals surface area contributed by atoms with E-state index in [2.05, 4.69) is 12.2 Å². The second-order valence-electron chi connectivity index (χ2n) is 5.73. The van der Waals surface area contributed by atoms with Crippen LogP contribution < -0.4 is 14.8 Å². The molecular weight excluding hydrogens is 321 g/mol. The zero-order chi connectivity index (χ0) is 18.1. The molecule has 0 heterocycles. The van der Waals surface area contributed by atoms with Gasteiger partial charge in [-0.1, -0.05) is 37.6 Å². The van der Waals surface area contributed by atoms with Crippen LogP contribution in [0.5, 0.6) is 11.5 Å². The molecule has 0 bridgehead atoms. The number of hydrogen-bond donors (Lipinski definition) is 1. The van der Waals surface area contributed by atoms with Gasteiger partial charge < -0.3 is 14.8 Å². The average Bonchev–Trinajstić information content (AvgIpc) is 2.62. The number of benzene rings is 2. The first-order chi connectivity index (χ1) is 12.1. The lowest BCUT2D eigenvalue weighted by Gasteiger charge is -2.12. The van der Waals surface area contributed by atoms with Crippen LogP contribution in [-0.2, 0) is 17.8 Å². The molecule has 25 heavy (non-hydrogen) atoms. The fourth-order valence-corrected chi connectivity index (χ4v) is 2.35. The summed E-state index contributed by atoms with van der Waals surface area (Å²) in [6, 6.07) is 11.8. The van der Waals surface area contributed by atoms with Gasteiger partial charge in [-0.2, -0.15) is 0 Å². The van der Waals surface area contributed by atoms with Crippen LogP contribution >= 0.6 is 0 Å². The SMILES string of the molecule is CCCCOc1ccc(CNC(=O)Cc2ccccc2F)cc1OC. The van der Waals surface area contributed by atoms with E-state index in [0.717, 1.165) is 18.4 Å². The number of amides is 1. The highest BCUT2D eigenvalue weighted by Crippen LogP contribution is 2.28. The van der Waals surface area contributed by atoms with Gasteiger partial charge in [-0.25, -0.2) is 4.39 Å². The van der Waals surface area contributed by atoms with Gasteiger partial charge in [0.05, 0.1) is 20.1 Å². The van der Waals surface area contributed by atoms with Crippen molar-refractivity contribution in [2.24, 2.45) is 0 Å². The van der Waals surface area contributed by atoms with Crippen LogP contribution in [0.2, 0.25) is 0 Å². The molecule has 0 saturated heterocycles. The highest BCUT2D eigenvalue weighted by atomic mass is 19.1. The molecule has 134 valence electrons. The van der Waals surface area contributed by atoms with E-state index >= 15 is 0 Å². The van der Waals surface area contributed by atoms with Crippen LogP contribution in [0.3, 0.4) is 0 Å². The Morgan fingerprint density at radius 2 is 1.96 bits per heavy atom. The van der Waals surface area contributed by atoms with E-state index in [1.165, 1.54) is 6.07 Å². The minimum atomic E-state index is -0.368. The van der Waals surface area contributed by atoms with Crippen LogP contribution in [-0.4, -0.2) is 19.6 Å². The standard InChI is InChI=1S/C20H24FNO3/c1-3-4-11-25-18-10-9-15(12-19(18)24-2)14-22-20(23)13-16-7-5-6-8-17(16)21/h5-10,12H,3-4,11,13-14H2,1-2H3,(H,22,23). The van der Waals surface area contributed by atoms with Crippen molar-refractivity contribution < 1.29 is 18.7 Å². The summed E-state index contributed by atoms with van der Waals surface area (Å²) in [4.78, 5) is 12.0. The van der Waals surface area contributed by atoms with Crippen LogP contribution in [0.25, 0.3) is 0 Å². The lowest BCUT2D eigenvalue weighted by Crippen LogP contribution is -2.24. The first kappa shape index (κ1) is 18.8. The summed E-state index contributed by atoms with van der Waals surface area (Å²) >= 11 is 0. The smallest absolute Gasteiger partial charge is 0.224 e. The Kier molecular flexibility index (Phi) is 7.26. The summed E-state index contributed by atoms with van der Waals surface area (Å²) < 4.78 is 24.6. The number of rotatable bonds is 9. The van der Waals surface area contributed by atoms with E-state index < -0.39 is 0 Å². The van der Waals surface area contributed by atoms with Crippen LogP contribution in [0.1, 0.15) is 30.9 Å². The molecule has 0 saturated carbocycles. The minimum Gasteiger partial charge on any atom is -0.493 e. The Morgan fingerprint density at radius 3 is 2.68 bits per heavy atom. The van der Waals surface area contributed by atoms with E-state index in [1.807, 2.05) is 18.2 Å². The molecule has 0 aliphatic carbocycles. The van der Waals surface area contributed by atoms with Crippen LogP contribution in [0.4, 0.5) is 4.39 Å². The molecule has 2 aromatic rings. The number of halogens is 1. The summed E-state index contributed by atoms with van der Waals surface area (Å²) in [5.74, 6) is 0.731. The quantitative estimate of drug-likeness (QED) is 0.702. The van der Waals surface area contributed by atoms with Crippen molar-refractivity contribution in [3.05, 3.63) is 59.4 Å². The summed E-state index contributed by atoms with van der Waals surface area (Å²) in [5.41, 5.74) is 1.28. The Morgan fingerprint density at radius 1 is 1.16 bits per heavy atom. The first-order valence-electron chi connectivity index (χ1n) is 8.43. The predicted octanol–water partition coefficient (Wildman–Crippen LogP) is 3.87. The molecule has 0 aromatic heterocycles. The highest BCUT2D eigenvalue weighted by Gasteiger charge is 2.09. The fraction of sp³-hybridized carbons (Fsp3) is 0.350. The van der Waals surface area contributed by atoms with Crippen LogP contribution in [0.15, 0.2) is 42.5 Å². The number of ether oxygens (including phenoxy) is 2. The van der Waals surface area contributed by atoms with Crippen molar-refractivity contribution in [3.8, 4) is 11.5 Å². The monoisotopic (exact) mass is 345 g/mol. The number of carbonyl (C=O) groups is 1. The number of nitrogens with one attached hydrogen (secondary N) is 1. The third-order valence-electron chi connectivity index (χ3n) is 3.78. The van der Waals surface area contributed by atoms with Gasteiger partial charge in [0.15, 0.2) is 11.5 Å². The molecular formula is C20H24FNO3. The Labute approximate surface area is 148 Å². The second kappa shape index (κ2) is 9.67. The fourth-order valence-electron chi connectivity index (χ4n) is 2.35. The van der Waals surface area contributed by atoms with Crippen molar-refractivity contribution in [2.75, 3.05) is 13.7 Å². The molecule has 1 amide bonds. The van der Waals surface area contributed by atoms with Gasteiger partial charge in [-0.3, -0.25) is 4.79 Å². The zero-order valence-electron chi connectivity index (χ0n) is 14.7. The number of unbranched alkanes of at least 4 members (excludes halogenated alkanes) is 1. The zero-order valence-corrected chi connectivity index (χ0v) is 14.7. The van der Waals surface area contributed by atoms with Gasteiger partial charge in [0.2, 0.25) is 5.91 Å². The Balaban J connectivity index is 1.91. The maximum atomic E-state index is 13.6. The molecule has 0 spiro atoms. The number of methoxy groups -OCH3 is 1. The highest BCUT2D eigenvalue weighted by molar-refractivity contribution is 5.78. The largest absolute Gasteiger partial charge is 0.493 e. The van der Waals surface area contributed by atoms with Gasteiger partial charge in [-0.05, 0) is 35.7 Å². The first-order valence-corrected chi connectivity index (χ1v) is 8.43. The number of hydrogen-bond acceptors (Lipinski definition) is 3. The molecule has 0 radical (unpaired) electrons. The molecule has 2 rings (SSSR count). The number of carbonyl (C=O) groups excluding carboxylic acids is 1. The maximum absolute atomic E-state index is 13.6. The molecule has 0 atom stereocenters. The van der Waals surface area contributed by atoms with E-state index in [4.69, 9.17) is 9.47 Å².